The van der Waals surface area contributed by atoms with E-state index >= 15 is 0 Å². The van der Waals surface area contributed by atoms with Crippen LogP contribution in [-0.4, -0.2) is 37.2 Å². The quantitative estimate of drug-likeness (QED) is 0.699. The first-order valence-electron chi connectivity index (χ1n) is 8.17. The molecule has 0 spiro atoms. The van der Waals surface area contributed by atoms with E-state index < -0.39 is 37.2 Å². The lowest BCUT2D eigenvalue weighted by Crippen LogP contribution is -2.44. The third-order valence-corrected chi connectivity index (χ3v) is 3.36. The molecule has 2 aromatic rings. The molecular weight excluding hydrogens is 381 g/mol. The number of alkyl halides is 3. The minimum Gasteiger partial charge on any atom is -0.461 e. The van der Waals surface area contributed by atoms with Gasteiger partial charge in [0, 0.05) is 12.0 Å². The van der Waals surface area contributed by atoms with Gasteiger partial charge in [-0.2, -0.15) is 13.2 Å². The Bertz CT molecular complexity index is 818. The van der Waals surface area contributed by atoms with Crippen molar-refractivity contribution in [1.29, 1.82) is 0 Å². The van der Waals surface area contributed by atoms with E-state index in [1.807, 2.05) is 30.3 Å². The molecule has 0 saturated carbocycles. The number of nitrogens with one attached hydrogen (secondary N) is 2. The van der Waals surface area contributed by atoms with Gasteiger partial charge in [0.1, 0.15) is 18.1 Å². The number of rotatable bonds is 7. The highest BCUT2D eigenvalue weighted by atomic mass is 19.4. The fourth-order valence-corrected chi connectivity index (χ4v) is 2.10. The fraction of sp³-hybridized carbons (Fsp3) is 0.278. The van der Waals surface area contributed by atoms with Crippen LogP contribution >= 0.6 is 0 Å². The van der Waals surface area contributed by atoms with Gasteiger partial charge in [-0.1, -0.05) is 30.3 Å². The number of halogens is 3. The summed E-state index contributed by atoms with van der Waals surface area (Å²) in [5.41, 5.74) is 0.886. The van der Waals surface area contributed by atoms with E-state index in [-0.39, 0.29) is 12.8 Å². The maximum atomic E-state index is 11.9. The molecule has 0 saturated heterocycles. The predicted octanol–water partition coefficient (Wildman–Crippen LogP) is 2.81. The van der Waals surface area contributed by atoms with Crippen LogP contribution in [-0.2, 0) is 20.7 Å². The van der Waals surface area contributed by atoms with E-state index in [9.17, 15) is 27.6 Å². The Morgan fingerprint density at radius 3 is 2.43 bits per heavy atom. The summed E-state index contributed by atoms with van der Waals surface area (Å²) in [7, 11) is 0. The van der Waals surface area contributed by atoms with Crippen LogP contribution in [0.3, 0.4) is 0 Å². The predicted molar refractivity (Wildman–Crippen MR) is 91.0 cm³/mol. The zero-order chi connectivity index (χ0) is 20.6. The Hall–Kier alpha value is -3.30. The average molecular weight is 398 g/mol. The molecule has 0 aliphatic heterocycles. The molecule has 0 aliphatic carbocycles. The van der Waals surface area contributed by atoms with Crippen LogP contribution in [0.25, 0.3) is 11.3 Å². The number of esters is 1. The van der Waals surface area contributed by atoms with Gasteiger partial charge in [0.05, 0.1) is 6.42 Å². The van der Waals surface area contributed by atoms with Crippen LogP contribution < -0.4 is 10.6 Å². The zero-order valence-electron chi connectivity index (χ0n) is 14.5. The number of carbonyl (C=O) groups is 3. The molecule has 150 valence electrons. The molecule has 2 rings (SSSR count). The summed E-state index contributed by atoms with van der Waals surface area (Å²) < 4.78 is 46.1. The van der Waals surface area contributed by atoms with Gasteiger partial charge in [-0.15, -0.1) is 0 Å². The number of carbonyl (C=O) groups excluding carboxylic acids is 3. The Morgan fingerprint density at radius 2 is 1.75 bits per heavy atom. The first kappa shape index (κ1) is 21.0. The molecular formula is C18H17F3N2O5. The van der Waals surface area contributed by atoms with Crippen molar-refractivity contribution in [3.8, 4) is 11.3 Å². The molecule has 0 aliphatic rings. The number of hydrogen-bond acceptors (Lipinski definition) is 5. The van der Waals surface area contributed by atoms with Crippen LogP contribution in [0.15, 0.2) is 46.9 Å². The van der Waals surface area contributed by atoms with E-state index in [1.165, 1.54) is 5.32 Å². The molecule has 28 heavy (non-hydrogen) atoms. The minimum atomic E-state index is -4.60. The summed E-state index contributed by atoms with van der Waals surface area (Å²) in [5.74, 6) is -0.569. The monoisotopic (exact) mass is 398 g/mol. The van der Waals surface area contributed by atoms with Gasteiger partial charge >= 0.3 is 18.2 Å². The van der Waals surface area contributed by atoms with E-state index in [2.05, 4.69) is 4.74 Å². The summed E-state index contributed by atoms with van der Waals surface area (Å²) in [5, 5.41) is 3.07. The van der Waals surface area contributed by atoms with Crippen LogP contribution in [0.1, 0.15) is 12.2 Å². The normalized spacial score (nSPS) is 11.0. The van der Waals surface area contributed by atoms with Crippen molar-refractivity contribution in [2.45, 2.75) is 19.0 Å². The number of furan rings is 1. The van der Waals surface area contributed by atoms with Crippen molar-refractivity contribution in [2.75, 3.05) is 13.2 Å². The number of hydrogen-bond donors (Lipinski definition) is 2. The van der Waals surface area contributed by atoms with Gasteiger partial charge in [0.2, 0.25) is 0 Å². The molecule has 1 heterocycles. The standard InChI is InChI=1S/C18H17F3N2O5/c19-18(20,21)11-22-17(26)23-15(24)10-27-16(25)9-7-13-6-8-14(28-13)12-4-2-1-3-5-12/h1-6,8H,7,9-11H2,(H2,22,23,24,26). The van der Waals surface area contributed by atoms with Crippen molar-refractivity contribution >= 4 is 17.9 Å². The van der Waals surface area contributed by atoms with Crippen LogP contribution in [0.2, 0.25) is 0 Å². The second-order valence-electron chi connectivity index (χ2n) is 5.64. The van der Waals surface area contributed by atoms with Crippen molar-refractivity contribution in [1.82, 2.24) is 10.6 Å². The number of aryl methyl sites for hydroxylation is 1. The van der Waals surface area contributed by atoms with Crippen LogP contribution in [0.5, 0.6) is 0 Å². The number of benzene rings is 1. The molecule has 10 heteroatoms. The second-order valence-corrected chi connectivity index (χ2v) is 5.64. The highest BCUT2D eigenvalue weighted by molar-refractivity contribution is 5.95. The molecule has 1 aromatic carbocycles. The minimum absolute atomic E-state index is 0.0741. The molecule has 7 nitrogen and oxygen atoms in total. The highest BCUT2D eigenvalue weighted by Crippen LogP contribution is 2.22. The smallest absolute Gasteiger partial charge is 0.405 e. The molecule has 1 aromatic heterocycles. The maximum absolute atomic E-state index is 11.9. The lowest BCUT2D eigenvalue weighted by molar-refractivity contribution is -0.148. The summed E-state index contributed by atoms with van der Waals surface area (Å²) in [4.78, 5) is 34.1. The van der Waals surface area contributed by atoms with E-state index in [0.29, 0.717) is 11.5 Å². The van der Waals surface area contributed by atoms with Crippen molar-refractivity contribution in [3.63, 3.8) is 0 Å². The van der Waals surface area contributed by atoms with E-state index in [4.69, 9.17) is 4.42 Å². The van der Waals surface area contributed by atoms with Gasteiger partial charge in [0.25, 0.3) is 5.91 Å². The zero-order valence-corrected chi connectivity index (χ0v) is 14.5. The third-order valence-electron chi connectivity index (χ3n) is 3.36. The van der Waals surface area contributed by atoms with Crippen LogP contribution in [0, 0.1) is 0 Å². The topological polar surface area (TPSA) is 97.6 Å². The lowest BCUT2D eigenvalue weighted by atomic mass is 10.2. The third kappa shape index (κ3) is 7.52. The number of imide groups is 1. The van der Waals surface area contributed by atoms with Crippen molar-refractivity contribution in [2.24, 2.45) is 0 Å². The first-order valence-corrected chi connectivity index (χ1v) is 8.17. The molecule has 0 fully saturated rings. The molecule has 0 unspecified atom stereocenters. The number of urea groups is 1. The lowest BCUT2D eigenvalue weighted by Gasteiger charge is -2.09. The van der Waals surface area contributed by atoms with Crippen molar-refractivity contribution in [3.05, 3.63) is 48.2 Å². The SMILES string of the molecule is O=C(COC(=O)CCc1ccc(-c2ccccc2)o1)NC(=O)NCC(F)(F)F. The van der Waals surface area contributed by atoms with Gasteiger partial charge in [-0.05, 0) is 12.1 Å². The fourth-order valence-electron chi connectivity index (χ4n) is 2.10. The number of amides is 3. The largest absolute Gasteiger partial charge is 0.461 e. The van der Waals surface area contributed by atoms with Gasteiger partial charge in [-0.3, -0.25) is 14.9 Å². The average Bonchev–Trinajstić information content (AvgIpc) is 3.12. The Kier molecular flexibility index (Phi) is 7.19. The summed E-state index contributed by atoms with van der Waals surface area (Å²) in [6.45, 7) is -2.37. The summed E-state index contributed by atoms with van der Waals surface area (Å²) >= 11 is 0. The van der Waals surface area contributed by atoms with Crippen LogP contribution in [0.4, 0.5) is 18.0 Å². The van der Waals surface area contributed by atoms with Gasteiger partial charge in [-0.25, -0.2) is 4.79 Å². The molecule has 2 N–H and O–H groups in total. The maximum Gasteiger partial charge on any atom is 0.405 e. The number of ether oxygens (including phenoxy) is 1. The summed E-state index contributed by atoms with van der Waals surface area (Å²) in [6.07, 6.45) is -4.44. The first-order chi connectivity index (χ1) is 13.2. The Labute approximate surface area is 157 Å². The Morgan fingerprint density at radius 1 is 1.04 bits per heavy atom. The Balaban J connectivity index is 1.68. The van der Waals surface area contributed by atoms with Gasteiger partial charge in [0.15, 0.2) is 6.61 Å². The second kappa shape index (κ2) is 9.58. The highest BCUT2D eigenvalue weighted by Gasteiger charge is 2.28. The van der Waals surface area contributed by atoms with E-state index in [0.717, 1.165) is 5.56 Å². The molecule has 3 amide bonds. The molecule has 0 atom stereocenters. The molecule has 0 radical (unpaired) electrons. The summed E-state index contributed by atoms with van der Waals surface area (Å²) in [6, 6.07) is 11.5. The van der Waals surface area contributed by atoms with Gasteiger partial charge < -0.3 is 14.5 Å². The molecule has 0 bridgehead atoms. The van der Waals surface area contributed by atoms with E-state index in [1.54, 1.807) is 17.4 Å². The van der Waals surface area contributed by atoms with Crippen molar-refractivity contribution < 1.29 is 36.7 Å².